The summed E-state index contributed by atoms with van der Waals surface area (Å²) in [6, 6.07) is 0. The Bertz CT molecular complexity index is 291. The number of allylic oxidation sites excluding steroid dienone is 2. The van der Waals surface area contributed by atoms with Gasteiger partial charge in [-0.1, -0.05) is 19.1 Å². The number of carbonyl (C=O) groups excluding carboxylic acids is 2. The average Bonchev–Trinajstić information content (AvgIpc) is 2.31. The van der Waals surface area contributed by atoms with Crippen LogP contribution in [0.25, 0.3) is 0 Å². The minimum Gasteiger partial charge on any atom is -0.300 e. The molecule has 0 aliphatic heterocycles. The molecule has 0 N–H and O–H groups in total. The van der Waals surface area contributed by atoms with Gasteiger partial charge in [0.2, 0.25) is 0 Å². The lowest BCUT2D eigenvalue weighted by Crippen LogP contribution is -2.06. The predicted molar refractivity (Wildman–Crippen MR) is 74.5 cm³/mol. The van der Waals surface area contributed by atoms with Gasteiger partial charge in [-0.2, -0.15) is 0 Å². The van der Waals surface area contributed by atoms with Crippen molar-refractivity contribution in [1.29, 1.82) is 0 Å². The summed E-state index contributed by atoms with van der Waals surface area (Å²) in [6.45, 7) is 2.15. The minimum atomic E-state index is 0.328. The Morgan fingerprint density at radius 3 is 2.39 bits per heavy atom. The molecule has 1 rings (SSSR count). The fourth-order valence-electron chi connectivity index (χ4n) is 2.40. The molecule has 0 bridgehead atoms. The van der Waals surface area contributed by atoms with Crippen LogP contribution >= 0.6 is 0 Å². The molecular weight excluding hydrogens is 224 g/mol. The monoisotopic (exact) mass is 250 g/mol. The Morgan fingerprint density at radius 2 is 1.56 bits per heavy atom. The van der Waals surface area contributed by atoms with Gasteiger partial charge in [-0.15, -0.1) is 0 Å². The minimum absolute atomic E-state index is 0.328. The van der Waals surface area contributed by atoms with E-state index in [9.17, 15) is 9.59 Å². The van der Waals surface area contributed by atoms with Gasteiger partial charge >= 0.3 is 0 Å². The van der Waals surface area contributed by atoms with Gasteiger partial charge in [-0.3, -0.25) is 9.59 Å². The summed E-state index contributed by atoms with van der Waals surface area (Å²) in [7, 11) is 0. The van der Waals surface area contributed by atoms with Crippen LogP contribution in [0.1, 0.15) is 71.1 Å². The molecule has 2 heteroatoms. The van der Waals surface area contributed by atoms with Crippen molar-refractivity contribution in [3.8, 4) is 0 Å². The molecule has 0 aromatic carbocycles. The summed E-state index contributed by atoms with van der Waals surface area (Å²) in [5, 5.41) is 0. The van der Waals surface area contributed by atoms with E-state index in [2.05, 4.69) is 19.1 Å². The first-order valence-corrected chi connectivity index (χ1v) is 7.37. The first-order chi connectivity index (χ1) is 8.68. The summed E-state index contributed by atoms with van der Waals surface area (Å²) >= 11 is 0. The highest BCUT2D eigenvalue weighted by atomic mass is 16.1. The third-order valence-corrected chi connectivity index (χ3v) is 3.56. The first-order valence-electron chi connectivity index (χ1n) is 7.37. The standard InChI is InChI=1S/C16H26O2/c1-14-9-6-4-2-3-5-7-10-15(17)11-8-12-16(18)13-14/h2,4,14H,3,5-13H2,1H3/b4-2+. The quantitative estimate of drug-likeness (QED) is 0.603. The van der Waals surface area contributed by atoms with Crippen molar-refractivity contribution in [3.05, 3.63) is 12.2 Å². The molecule has 0 saturated heterocycles. The van der Waals surface area contributed by atoms with Crippen LogP contribution in [0.4, 0.5) is 0 Å². The Balaban J connectivity index is 2.40. The van der Waals surface area contributed by atoms with E-state index in [0.29, 0.717) is 43.2 Å². The molecule has 0 aromatic rings. The maximum atomic E-state index is 11.7. The van der Waals surface area contributed by atoms with Gasteiger partial charge in [0.05, 0.1) is 0 Å². The first kappa shape index (κ1) is 15.1. The fraction of sp³-hybridized carbons (Fsp3) is 0.750. The van der Waals surface area contributed by atoms with E-state index in [1.54, 1.807) is 0 Å². The van der Waals surface area contributed by atoms with Crippen LogP contribution in [0.3, 0.4) is 0 Å². The van der Waals surface area contributed by atoms with Crippen LogP contribution in [0, 0.1) is 5.92 Å². The molecule has 1 aliphatic rings. The number of ketones is 2. The highest BCUT2D eigenvalue weighted by molar-refractivity contribution is 5.81. The Labute approximate surface area is 111 Å². The molecule has 102 valence electrons. The number of rotatable bonds is 0. The molecule has 0 spiro atoms. The average molecular weight is 250 g/mol. The molecule has 0 amide bonds. The summed E-state index contributed by atoms with van der Waals surface area (Å²) in [4.78, 5) is 23.3. The summed E-state index contributed by atoms with van der Waals surface area (Å²) in [5.41, 5.74) is 0. The van der Waals surface area contributed by atoms with Gasteiger partial charge in [-0.05, 0) is 44.4 Å². The van der Waals surface area contributed by atoms with Crippen LogP contribution in [0.2, 0.25) is 0 Å². The van der Waals surface area contributed by atoms with Gasteiger partial charge in [-0.25, -0.2) is 0 Å². The fourth-order valence-corrected chi connectivity index (χ4v) is 2.40. The lowest BCUT2D eigenvalue weighted by molar-refractivity contribution is -0.120. The molecule has 0 saturated carbocycles. The Morgan fingerprint density at radius 1 is 0.889 bits per heavy atom. The second-order valence-electron chi connectivity index (χ2n) is 5.53. The smallest absolute Gasteiger partial charge is 0.133 e. The predicted octanol–water partition coefficient (Wildman–Crippen LogP) is 4.23. The van der Waals surface area contributed by atoms with E-state index in [1.165, 1.54) is 0 Å². The number of carbonyl (C=O) groups is 2. The largest absolute Gasteiger partial charge is 0.300 e. The second kappa shape index (κ2) is 9.07. The van der Waals surface area contributed by atoms with Crippen LogP contribution in [-0.4, -0.2) is 11.6 Å². The van der Waals surface area contributed by atoms with E-state index in [-0.39, 0.29) is 0 Å². The molecule has 1 aliphatic carbocycles. The summed E-state index contributed by atoms with van der Waals surface area (Å²) in [6.07, 6.45) is 13.1. The molecule has 0 fully saturated rings. The van der Waals surface area contributed by atoms with Gasteiger partial charge in [0.15, 0.2) is 0 Å². The van der Waals surface area contributed by atoms with Crippen molar-refractivity contribution in [2.75, 3.05) is 0 Å². The van der Waals surface area contributed by atoms with Crippen LogP contribution in [0.15, 0.2) is 12.2 Å². The molecule has 0 radical (unpaired) electrons. The molecule has 1 atom stereocenters. The van der Waals surface area contributed by atoms with E-state index >= 15 is 0 Å². The lowest BCUT2D eigenvalue weighted by atomic mass is 9.96. The van der Waals surface area contributed by atoms with E-state index in [4.69, 9.17) is 0 Å². The zero-order chi connectivity index (χ0) is 13.2. The van der Waals surface area contributed by atoms with Crippen molar-refractivity contribution in [3.63, 3.8) is 0 Å². The summed E-state index contributed by atoms with van der Waals surface area (Å²) in [5.74, 6) is 1.13. The second-order valence-corrected chi connectivity index (χ2v) is 5.53. The highest BCUT2D eigenvalue weighted by Gasteiger charge is 2.10. The molecule has 2 nitrogen and oxygen atoms in total. The maximum absolute atomic E-state index is 11.7. The number of hydrogen-bond donors (Lipinski definition) is 0. The van der Waals surface area contributed by atoms with Crippen molar-refractivity contribution >= 4 is 11.6 Å². The molecule has 1 unspecified atom stereocenters. The number of Topliss-reactive ketones (excluding diaryl/α,β-unsaturated/α-hetero) is 2. The Kier molecular flexibility index (Phi) is 7.63. The molecule has 0 aromatic heterocycles. The van der Waals surface area contributed by atoms with E-state index < -0.39 is 0 Å². The topological polar surface area (TPSA) is 34.1 Å². The van der Waals surface area contributed by atoms with Crippen molar-refractivity contribution in [1.82, 2.24) is 0 Å². The third-order valence-electron chi connectivity index (χ3n) is 3.56. The Hall–Kier alpha value is -0.920. The normalized spacial score (nSPS) is 27.3. The molecular formula is C16H26O2. The van der Waals surface area contributed by atoms with E-state index in [1.807, 2.05) is 0 Å². The zero-order valence-corrected chi connectivity index (χ0v) is 11.6. The molecule has 18 heavy (non-hydrogen) atoms. The van der Waals surface area contributed by atoms with Gasteiger partial charge in [0.1, 0.15) is 11.6 Å². The lowest BCUT2D eigenvalue weighted by Gasteiger charge is -2.08. The van der Waals surface area contributed by atoms with Crippen LogP contribution in [0.5, 0.6) is 0 Å². The van der Waals surface area contributed by atoms with E-state index in [0.717, 1.165) is 38.5 Å². The van der Waals surface area contributed by atoms with Gasteiger partial charge in [0.25, 0.3) is 0 Å². The van der Waals surface area contributed by atoms with Crippen molar-refractivity contribution < 1.29 is 9.59 Å². The molecule has 0 heterocycles. The highest BCUT2D eigenvalue weighted by Crippen LogP contribution is 2.15. The SMILES string of the molecule is CC1CC/C=C/CCCCC(=O)CCCC(=O)C1. The number of hydrogen-bond acceptors (Lipinski definition) is 2. The van der Waals surface area contributed by atoms with Gasteiger partial charge < -0.3 is 0 Å². The third kappa shape index (κ3) is 7.41. The van der Waals surface area contributed by atoms with Crippen molar-refractivity contribution in [2.45, 2.75) is 71.1 Å². The van der Waals surface area contributed by atoms with Crippen molar-refractivity contribution in [2.24, 2.45) is 5.92 Å². The van der Waals surface area contributed by atoms with Crippen LogP contribution < -0.4 is 0 Å². The maximum Gasteiger partial charge on any atom is 0.133 e. The summed E-state index contributed by atoms with van der Waals surface area (Å²) < 4.78 is 0. The van der Waals surface area contributed by atoms with Crippen LogP contribution in [-0.2, 0) is 9.59 Å². The van der Waals surface area contributed by atoms with Gasteiger partial charge in [0, 0.05) is 25.7 Å². The zero-order valence-electron chi connectivity index (χ0n) is 11.6.